The second kappa shape index (κ2) is 51.7. The van der Waals surface area contributed by atoms with Gasteiger partial charge in [0.2, 0.25) is 5.91 Å². The summed E-state index contributed by atoms with van der Waals surface area (Å²) < 4.78 is 11.3. The van der Waals surface area contributed by atoms with Crippen LogP contribution in [-0.4, -0.2) is 87.5 Å². The normalized spacial score (nSPS) is 19.2. The molecular weight excluding hydrogens is 875 g/mol. The van der Waals surface area contributed by atoms with Crippen molar-refractivity contribution in [1.82, 2.24) is 5.32 Å². The van der Waals surface area contributed by atoms with E-state index < -0.39 is 49.5 Å². The Kier molecular flexibility index (Phi) is 49.6. The fourth-order valence-electron chi connectivity index (χ4n) is 10.5. The summed E-state index contributed by atoms with van der Waals surface area (Å²) in [5, 5.41) is 54.6. The standard InChI is InChI=1S/C61H121NO8/c1-3-5-7-9-11-13-15-17-19-20-21-22-23-24-25-26-27-28-29-30-31-32-33-34-35-36-37-39-41-43-45-47-49-51-57(65)62-54(53-69-61-60(68)59(67)58(66)56(52-63)70-61)55(64)50-48-46-44-42-40-38-18-16-14-12-10-8-6-4-2/h54-56,58-61,63-64,66-68H,3-53H2,1-2H3,(H,62,65)/t54-,55+,56+,58-,59?,60?,61+/m0/s1. The Balaban J connectivity index is 2.06. The molecule has 1 saturated heterocycles. The number of nitrogens with one attached hydrogen (secondary N) is 1. The number of ether oxygens (including phenoxy) is 2. The van der Waals surface area contributed by atoms with Gasteiger partial charge in [-0.15, -0.1) is 0 Å². The number of carbonyl (C=O) groups is 1. The summed E-state index contributed by atoms with van der Waals surface area (Å²) in [5.74, 6) is -0.136. The molecule has 0 saturated carbocycles. The molecule has 1 fully saturated rings. The van der Waals surface area contributed by atoms with E-state index in [9.17, 15) is 30.3 Å². The molecule has 0 radical (unpaired) electrons. The zero-order chi connectivity index (χ0) is 50.8. The predicted octanol–water partition coefficient (Wildman–Crippen LogP) is 15.8. The Bertz CT molecular complexity index is 1060. The van der Waals surface area contributed by atoms with Gasteiger partial charge >= 0.3 is 0 Å². The maximum atomic E-state index is 13.1. The molecule has 1 aliphatic heterocycles. The van der Waals surface area contributed by atoms with Gasteiger partial charge in [-0.25, -0.2) is 0 Å². The molecule has 0 aromatic carbocycles. The van der Waals surface area contributed by atoms with E-state index in [-0.39, 0.29) is 12.5 Å². The van der Waals surface area contributed by atoms with Crippen LogP contribution in [0.25, 0.3) is 0 Å². The molecule has 1 amide bonds. The Hall–Kier alpha value is -0.810. The van der Waals surface area contributed by atoms with Crippen molar-refractivity contribution in [1.29, 1.82) is 0 Å². The fourth-order valence-corrected chi connectivity index (χ4v) is 10.5. The summed E-state index contributed by atoms with van der Waals surface area (Å²) in [5.41, 5.74) is 0. The summed E-state index contributed by atoms with van der Waals surface area (Å²) in [6, 6.07) is -0.713. The van der Waals surface area contributed by atoms with Gasteiger partial charge in [0.15, 0.2) is 6.29 Å². The number of carbonyl (C=O) groups excluding carboxylic acids is 1. The second-order valence-electron chi connectivity index (χ2n) is 22.2. The van der Waals surface area contributed by atoms with Crippen molar-refractivity contribution in [3.05, 3.63) is 0 Å². The van der Waals surface area contributed by atoms with Crippen LogP contribution in [0.1, 0.15) is 328 Å². The van der Waals surface area contributed by atoms with Gasteiger partial charge in [0.05, 0.1) is 25.4 Å². The third-order valence-corrected chi connectivity index (χ3v) is 15.5. The highest BCUT2D eigenvalue weighted by atomic mass is 16.7. The molecule has 1 heterocycles. The van der Waals surface area contributed by atoms with Crippen molar-refractivity contribution in [3.63, 3.8) is 0 Å². The average Bonchev–Trinajstić information content (AvgIpc) is 3.36. The van der Waals surface area contributed by atoms with Crippen molar-refractivity contribution in [2.45, 2.75) is 371 Å². The first-order valence-corrected chi connectivity index (χ1v) is 31.2. The first-order chi connectivity index (χ1) is 34.3. The highest BCUT2D eigenvalue weighted by Crippen LogP contribution is 2.24. The quantitative estimate of drug-likeness (QED) is 0.0330. The van der Waals surface area contributed by atoms with Crippen LogP contribution in [0.15, 0.2) is 0 Å². The summed E-state index contributed by atoms with van der Waals surface area (Å²) in [4.78, 5) is 13.1. The minimum atomic E-state index is -1.55. The maximum Gasteiger partial charge on any atom is 0.220 e. The van der Waals surface area contributed by atoms with Crippen LogP contribution in [0.2, 0.25) is 0 Å². The van der Waals surface area contributed by atoms with E-state index in [1.54, 1.807) is 0 Å². The molecule has 9 nitrogen and oxygen atoms in total. The van der Waals surface area contributed by atoms with Gasteiger partial charge in [0, 0.05) is 6.42 Å². The first kappa shape index (κ1) is 67.2. The summed E-state index contributed by atoms with van der Waals surface area (Å²) in [6.07, 6.45) is 55.9. The van der Waals surface area contributed by atoms with E-state index in [2.05, 4.69) is 19.2 Å². The van der Waals surface area contributed by atoms with Gasteiger partial charge in [0.1, 0.15) is 24.4 Å². The Morgan fingerprint density at radius 2 is 0.714 bits per heavy atom. The summed E-state index contributed by atoms with van der Waals surface area (Å²) in [6.45, 7) is 3.88. The molecular formula is C61H121NO8. The zero-order valence-corrected chi connectivity index (χ0v) is 46.6. The molecule has 0 spiro atoms. The van der Waals surface area contributed by atoms with E-state index in [0.717, 1.165) is 38.5 Å². The lowest BCUT2D eigenvalue weighted by Crippen LogP contribution is -2.60. The van der Waals surface area contributed by atoms with Gasteiger partial charge in [-0.05, 0) is 12.8 Å². The van der Waals surface area contributed by atoms with Gasteiger partial charge in [-0.3, -0.25) is 4.79 Å². The second-order valence-corrected chi connectivity index (χ2v) is 22.2. The number of aliphatic hydroxyl groups excluding tert-OH is 5. The molecule has 6 N–H and O–H groups in total. The van der Waals surface area contributed by atoms with Crippen LogP contribution in [0.3, 0.4) is 0 Å². The van der Waals surface area contributed by atoms with E-state index in [4.69, 9.17) is 9.47 Å². The molecule has 0 aromatic heterocycles. The number of hydrogen-bond acceptors (Lipinski definition) is 8. The van der Waals surface area contributed by atoms with Gasteiger partial charge in [-0.2, -0.15) is 0 Å². The topological polar surface area (TPSA) is 149 Å². The van der Waals surface area contributed by atoms with Crippen LogP contribution in [0, 0.1) is 0 Å². The van der Waals surface area contributed by atoms with E-state index >= 15 is 0 Å². The minimum Gasteiger partial charge on any atom is -0.394 e. The van der Waals surface area contributed by atoms with Gasteiger partial charge in [-0.1, -0.05) is 309 Å². The van der Waals surface area contributed by atoms with Gasteiger partial charge in [0.25, 0.3) is 0 Å². The molecule has 1 aliphatic rings. The van der Waals surface area contributed by atoms with Crippen molar-refractivity contribution in [3.8, 4) is 0 Å². The monoisotopic (exact) mass is 996 g/mol. The van der Waals surface area contributed by atoms with Crippen LogP contribution >= 0.6 is 0 Å². The lowest BCUT2D eigenvalue weighted by atomic mass is 9.99. The summed E-state index contributed by atoms with van der Waals surface area (Å²) >= 11 is 0. The highest BCUT2D eigenvalue weighted by molar-refractivity contribution is 5.76. The Morgan fingerprint density at radius 3 is 1.01 bits per heavy atom. The highest BCUT2D eigenvalue weighted by Gasteiger charge is 2.44. The minimum absolute atomic E-state index is 0.131. The van der Waals surface area contributed by atoms with Crippen molar-refractivity contribution in [2.75, 3.05) is 13.2 Å². The number of amides is 1. The molecule has 2 unspecified atom stereocenters. The predicted molar refractivity (Wildman–Crippen MR) is 295 cm³/mol. The lowest BCUT2D eigenvalue weighted by Gasteiger charge is -2.40. The Morgan fingerprint density at radius 1 is 0.429 bits per heavy atom. The number of aliphatic hydroxyl groups is 5. The van der Waals surface area contributed by atoms with Gasteiger partial charge < -0.3 is 40.3 Å². The number of hydrogen-bond donors (Lipinski definition) is 6. The third-order valence-electron chi connectivity index (χ3n) is 15.5. The molecule has 0 bridgehead atoms. The fraction of sp³-hybridized carbons (Fsp3) is 0.984. The molecule has 0 aliphatic carbocycles. The zero-order valence-electron chi connectivity index (χ0n) is 46.6. The number of rotatable bonds is 55. The SMILES string of the molecule is CCCCCCCCCCCCCCCCCCCCCCCCCCCCCCCCCCCC(=O)N[C@@H](CO[C@@H]1O[C@H](CO)[C@H](O)C(O)C1O)[C@H](O)CCCCCCCCCCCCCCCC. The van der Waals surface area contributed by atoms with Crippen molar-refractivity contribution in [2.24, 2.45) is 0 Å². The molecule has 1 rings (SSSR count). The molecule has 7 atom stereocenters. The number of unbranched alkanes of at least 4 members (excludes halogenated alkanes) is 45. The molecule has 9 heteroatoms. The first-order valence-electron chi connectivity index (χ1n) is 31.2. The molecule has 0 aromatic rings. The van der Waals surface area contributed by atoms with E-state index in [0.29, 0.717) is 12.8 Å². The Labute approximate surface area is 434 Å². The lowest BCUT2D eigenvalue weighted by molar-refractivity contribution is -0.302. The van der Waals surface area contributed by atoms with Crippen LogP contribution in [-0.2, 0) is 14.3 Å². The smallest absolute Gasteiger partial charge is 0.220 e. The largest absolute Gasteiger partial charge is 0.394 e. The summed E-state index contributed by atoms with van der Waals surface area (Å²) in [7, 11) is 0. The van der Waals surface area contributed by atoms with Crippen molar-refractivity contribution >= 4 is 5.91 Å². The van der Waals surface area contributed by atoms with Crippen molar-refractivity contribution < 1.29 is 39.8 Å². The van der Waals surface area contributed by atoms with Crippen LogP contribution in [0.5, 0.6) is 0 Å². The molecule has 418 valence electrons. The van der Waals surface area contributed by atoms with E-state index in [1.165, 1.54) is 263 Å². The van der Waals surface area contributed by atoms with Crippen LogP contribution in [0.4, 0.5) is 0 Å². The van der Waals surface area contributed by atoms with Crippen LogP contribution < -0.4 is 5.32 Å². The third kappa shape index (κ3) is 40.6. The molecule has 70 heavy (non-hydrogen) atoms. The maximum absolute atomic E-state index is 13.1. The van der Waals surface area contributed by atoms with E-state index in [1.807, 2.05) is 0 Å². The average molecular weight is 997 g/mol.